The monoisotopic (exact) mass is 317 g/mol. The molecule has 6 nitrogen and oxygen atoms in total. The predicted molar refractivity (Wildman–Crippen MR) is 85.0 cm³/mol. The number of furan rings is 1. The van der Waals surface area contributed by atoms with E-state index >= 15 is 0 Å². The molecule has 23 heavy (non-hydrogen) atoms. The van der Waals surface area contributed by atoms with E-state index in [2.05, 4.69) is 0 Å². The van der Waals surface area contributed by atoms with Gasteiger partial charge in [-0.3, -0.25) is 0 Å². The van der Waals surface area contributed by atoms with Crippen molar-refractivity contribution in [2.24, 2.45) is 0 Å². The van der Waals surface area contributed by atoms with Crippen LogP contribution in [0.1, 0.15) is 32.0 Å². The van der Waals surface area contributed by atoms with Gasteiger partial charge < -0.3 is 18.8 Å². The minimum Gasteiger partial charge on any atom is -0.465 e. The van der Waals surface area contributed by atoms with Crippen molar-refractivity contribution in [2.75, 3.05) is 33.2 Å². The van der Waals surface area contributed by atoms with Crippen LogP contribution in [0.4, 0.5) is 5.88 Å². The average Bonchev–Trinajstić information content (AvgIpc) is 2.93. The van der Waals surface area contributed by atoms with Crippen molar-refractivity contribution in [1.82, 2.24) is 0 Å². The van der Waals surface area contributed by atoms with E-state index in [1.54, 1.807) is 19.0 Å². The molecule has 0 unspecified atom stereocenters. The third-order valence-electron chi connectivity index (χ3n) is 3.36. The molecule has 2 aromatic rings. The van der Waals surface area contributed by atoms with Gasteiger partial charge in [-0.15, -0.1) is 0 Å². The highest BCUT2D eigenvalue weighted by Crippen LogP contribution is 2.32. The number of carbonyl (C=O) groups excluding carboxylic acids is 2. The second-order valence-electron chi connectivity index (χ2n) is 5.12. The summed E-state index contributed by atoms with van der Waals surface area (Å²) >= 11 is 0. The Hall–Kier alpha value is -2.76. The highest BCUT2D eigenvalue weighted by Gasteiger charge is 2.32. The van der Waals surface area contributed by atoms with Crippen molar-refractivity contribution in [3.8, 4) is 0 Å². The molecule has 0 spiro atoms. The van der Waals surface area contributed by atoms with Gasteiger partial charge in [0.15, 0.2) is 0 Å². The third kappa shape index (κ3) is 3.36. The first-order chi connectivity index (χ1) is 11.0. The number of hydrogen-bond acceptors (Lipinski definition) is 6. The van der Waals surface area contributed by atoms with Gasteiger partial charge in [0.05, 0.1) is 14.2 Å². The van der Waals surface area contributed by atoms with Gasteiger partial charge in [-0.05, 0) is 5.56 Å². The lowest BCUT2D eigenvalue weighted by molar-refractivity contribution is 0.0556. The molecule has 2 rings (SSSR count). The topological polar surface area (TPSA) is 69.0 Å². The maximum Gasteiger partial charge on any atom is 0.344 e. The number of hydrogen-bond donors (Lipinski definition) is 0. The molecule has 0 fully saturated rings. The molecule has 0 aliphatic heterocycles. The summed E-state index contributed by atoms with van der Waals surface area (Å²) < 4.78 is 15.4. The van der Waals surface area contributed by atoms with Gasteiger partial charge in [0.2, 0.25) is 5.88 Å². The van der Waals surface area contributed by atoms with Gasteiger partial charge in [-0.1, -0.05) is 30.3 Å². The van der Waals surface area contributed by atoms with E-state index in [0.717, 1.165) is 5.56 Å². The number of carbonyl (C=O) groups is 2. The standard InChI is InChI=1S/C17H19NO5/c1-18(2)15-14(17(20)22-4)13(16(19)21-3)12(23-15)10-11-8-6-5-7-9-11/h5-9H,10H2,1-4H3. The Bertz CT molecular complexity index is 703. The Labute approximate surface area is 134 Å². The van der Waals surface area contributed by atoms with Crippen LogP contribution in [0.25, 0.3) is 0 Å². The molecular formula is C17H19NO5. The van der Waals surface area contributed by atoms with E-state index in [4.69, 9.17) is 13.9 Å². The van der Waals surface area contributed by atoms with Crippen LogP contribution in [0.5, 0.6) is 0 Å². The number of anilines is 1. The fourth-order valence-corrected chi connectivity index (χ4v) is 2.30. The number of nitrogens with zero attached hydrogens (tertiary/aromatic N) is 1. The Morgan fingerprint density at radius 3 is 2.09 bits per heavy atom. The van der Waals surface area contributed by atoms with Gasteiger partial charge in [0.1, 0.15) is 16.9 Å². The second kappa shape index (κ2) is 7.00. The quantitative estimate of drug-likeness (QED) is 0.789. The lowest BCUT2D eigenvalue weighted by atomic mass is 10.0. The van der Waals surface area contributed by atoms with Crippen molar-refractivity contribution in [3.63, 3.8) is 0 Å². The summed E-state index contributed by atoms with van der Waals surface area (Å²) in [4.78, 5) is 25.9. The van der Waals surface area contributed by atoms with Gasteiger partial charge in [0.25, 0.3) is 0 Å². The van der Waals surface area contributed by atoms with Crippen molar-refractivity contribution in [1.29, 1.82) is 0 Å². The molecule has 0 amide bonds. The molecule has 0 radical (unpaired) electrons. The van der Waals surface area contributed by atoms with Gasteiger partial charge in [0, 0.05) is 20.5 Å². The molecular weight excluding hydrogens is 298 g/mol. The summed E-state index contributed by atoms with van der Waals surface area (Å²) in [5, 5.41) is 0. The van der Waals surface area contributed by atoms with E-state index in [1.165, 1.54) is 14.2 Å². The largest absolute Gasteiger partial charge is 0.465 e. The molecule has 0 bridgehead atoms. The van der Waals surface area contributed by atoms with Gasteiger partial charge in [-0.2, -0.15) is 0 Å². The zero-order valence-electron chi connectivity index (χ0n) is 13.6. The molecule has 122 valence electrons. The number of esters is 2. The number of rotatable bonds is 5. The molecule has 0 N–H and O–H groups in total. The molecule has 0 saturated carbocycles. The summed E-state index contributed by atoms with van der Waals surface area (Å²) in [5.74, 6) is -0.638. The number of methoxy groups -OCH3 is 2. The van der Waals surface area contributed by atoms with E-state index < -0.39 is 11.9 Å². The first-order valence-corrected chi connectivity index (χ1v) is 7.03. The molecule has 6 heteroatoms. The fraction of sp³-hybridized carbons (Fsp3) is 0.294. The van der Waals surface area contributed by atoms with Crippen molar-refractivity contribution in [2.45, 2.75) is 6.42 Å². The number of benzene rings is 1. The summed E-state index contributed by atoms with van der Waals surface area (Å²) in [7, 11) is 5.96. The first-order valence-electron chi connectivity index (χ1n) is 7.03. The Morgan fingerprint density at radius 1 is 1.00 bits per heavy atom. The lowest BCUT2D eigenvalue weighted by Gasteiger charge is -2.10. The van der Waals surface area contributed by atoms with Crippen LogP contribution in [0.15, 0.2) is 34.7 Å². The fourth-order valence-electron chi connectivity index (χ4n) is 2.30. The van der Waals surface area contributed by atoms with E-state index in [0.29, 0.717) is 12.2 Å². The van der Waals surface area contributed by atoms with Crippen LogP contribution in [-0.2, 0) is 15.9 Å². The molecule has 0 aliphatic carbocycles. The van der Waals surface area contributed by atoms with Crippen LogP contribution in [0.3, 0.4) is 0 Å². The zero-order chi connectivity index (χ0) is 17.0. The summed E-state index contributed by atoms with van der Waals surface area (Å²) in [6.45, 7) is 0. The smallest absolute Gasteiger partial charge is 0.344 e. The van der Waals surface area contributed by atoms with Crippen LogP contribution >= 0.6 is 0 Å². The van der Waals surface area contributed by atoms with Gasteiger partial charge in [-0.25, -0.2) is 9.59 Å². The maximum absolute atomic E-state index is 12.2. The van der Waals surface area contributed by atoms with Gasteiger partial charge >= 0.3 is 11.9 Å². The van der Waals surface area contributed by atoms with Crippen LogP contribution in [-0.4, -0.2) is 40.3 Å². The Balaban J connectivity index is 2.61. The lowest BCUT2D eigenvalue weighted by Crippen LogP contribution is -2.16. The third-order valence-corrected chi connectivity index (χ3v) is 3.36. The Morgan fingerprint density at radius 2 is 1.57 bits per heavy atom. The molecule has 1 aromatic carbocycles. The highest BCUT2D eigenvalue weighted by molar-refractivity contribution is 6.07. The summed E-state index contributed by atoms with van der Waals surface area (Å²) in [6.07, 6.45) is 0.364. The second-order valence-corrected chi connectivity index (χ2v) is 5.12. The first kappa shape index (κ1) is 16.6. The van der Waals surface area contributed by atoms with E-state index in [9.17, 15) is 9.59 Å². The molecule has 0 atom stereocenters. The minimum atomic E-state index is -0.642. The molecule has 0 saturated heterocycles. The van der Waals surface area contributed by atoms with Crippen molar-refractivity contribution < 1.29 is 23.5 Å². The maximum atomic E-state index is 12.2. The van der Waals surface area contributed by atoms with E-state index in [1.807, 2.05) is 30.3 Å². The van der Waals surface area contributed by atoms with Crippen LogP contribution in [0, 0.1) is 0 Å². The normalized spacial score (nSPS) is 10.3. The van der Waals surface area contributed by atoms with Crippen LogP contribution in [0.2, 0.25) is 0 Å². The zero-order valence-corrected chi connectivity index (χ0v) is 13.6. The Kier molecular flexibility index (Phi) is 5.05. The summed E-state index contributed by atoms with van der Waals surface area (Å²) in [5.41, 5.74) is 1.13. The average molecular weight is 317 g/mol. The predicted octanol–water partition coefficient (Wildman–Crippen LogP) is 2.51. The summed E-state index contributed by atoms with van der Waals surface area (Å²) in [6, 6.07) is 9.51. The molecule has 1 heterocycles. The molecule has 1 aromatic heterocycles. The van der Waals surface area contributed by atoms with Crippen LogP contribution < -0.4 is 4.90 Å². The van der Waals surface area contributed by atoms with E-state index in [-0.39, 0.29) is 17.0 Å². The SMILES string of the molecule is COC(=O)c1c(Cc2ccccc2)oc(N(C)C)c1C(=O)OC. The van der Waals surface area contributed by atoms with Crippen molar-refractivity contribution >= 4 is 17.8 Å². The highest BCUT2D eigenvalue weighted by atomic mass is 16.5. The minimum absolute atomic E-state index is 0.0790. The number of ether oxygens (including phenoxy) is 2. The molecule has 0 aliphatic rings. The van der Waals surface area contributed by atoms with Crippen molar-refractivity contribution in [3.05, 3.63) is 52.8 Å².